The Morgan fingerprint density at radius 2 is 1.70 bits per heavy atom. The van der Waals surface area contributed by atoms with Gasteiger partial charge in [0.25, 0.3) is 0 Å². The first-order valence-electron chi connectivity index (χ1n) is 7.83. The maximum absolute atomic E-state index is 10.2. The van der Waals surface area contributed by atoms with Gasteiger partial charge in [-0.15, -0.1) is 0 Å². The van der Waals surface area contributed by atoms with E-state index in [2.05, 4.69) is 0 Å². The Kier molecular flexibility index (Phi) is 4.69. The maximum Gasteiger partial charge on any atom is 0.187 e. The third-order valence-corrected chi connectivity index (χ3v) is 5.38. The molecule has 0 aromatic rings. The van der Waals surface area contributed by atoms with Crippen molar-refractivity contribution in [2.75, 3.05) is 6.61 Å². The minimum atomic E-state index is -1.57. The van der Waals surface area contributed by atoms with Crippen LogP contribution < -0.4 is 0 Å². The van der Waals surface area contributed by atoms with Crippen LogP contribution in [0, 0.1) is 5.92 Å². The Labute approximate surface area is 132 Å². The van der Waals surface area contributed by atoms with Crippen LogP contribution in [0.3, 0.4) is 0 Å². The minimum absolute atomic E-state index is 0.231. The van der Waals surface area contributed by atoms with Crippen molar-refractivity contribution >= 4 is 0 Å². The molecule has 3 fully saturated rings. The van der Waals surface area contributed by atoms with E-state index in [9.17, 15) is 30.6 Å². The zero-order chi connectivity index (χ0) is 16.9. The Morgan fingerprint density at radius 3 is 2.35 bits per heavy atom. The molecule has 1 aliphatic heterocycles. The van der Waals surface area contributed by atoms with E-state index in [0.717, 1.165) is 0 Å². The molecule has 134 valence electrons. The van der Waals surface area contributed by atoms with Crippen molar-refractivity contribution in [3.05, 3.63) is 0 Å². The molecule has 3 rings (SSSR count). The summed E-state index contributed by atoms with van der Waals surface area (Å²) in [4.78, 5) is 0. The van der Waals surface area contributed by atoms with Gasteiger partial charge in [0.2, 0.25) is 0 Å². The van der Waals surface area contributed by atoms with Gasteiger partial charge < -0.3 is 45.2 Å². The second-order valence-corrected chi connectivity index (χ2v) is 6.84. The normalized spacial score (nSPS) is 56.7. The van der Waals surface area contributed by atoms with E-state index in [1.165, 1.54) is 0 Å². The van der Waals surface area contributed by atoms with Crippen LogP contribution in [-0.4, -0.2) is 97.0 Å². The van der Waals surface area contributed by atoms with Gasteiger partial charge in [-0.25, -0.2) is 0 Å². The first-order valence-corrected chi connectivity index (χ1v) is 7.83. The van der Waals surface area contributed by atoms with Crippen LogP contribution >= 0.6 is 0 Å². The van der Waals surface area contributed by atoms with E-state index in [-0.39, 0.29) is 12.3 Å². The fourth-order valence-corrected chi connectivity index (χ4v) is 3.95. The van der Waals surface area contributed by atoms with Crippen LogP contribution in [-0.2, 0) is 9.47 Å². The second-order valence-electron chi connectivity index (χ2n) is 6.84. The highest BCUT2D eigenvalue weighted by Crippen LogP contribution is 2.47. The van der Waals surface area contributed by atoms with Crippen LogP contribution in [0.5, 0.6) is 0 Å². The molecule has 0 unspecified atom stereocenters. The quantitative estimate of drug-likeness (QED) is 0.277. The highest BCUT2D eigenvalue weighted by molar-refractivity contribution is 5.07. The molecule has 9 heteroatoms. The molecule has 2 aliphatic carbocycles. The summed E-state index contributed by atoms with van der Waals surface area (Å²) >= 11 is 0. The molecule has 2 saturated carbocycles. The standard InChI is InChI=1S/C14H24O9/c15-4-6-7(16)8(17)9(18)13(22-6)23-11-5-1-2-14(21,3-5)12(20)10(11)19/h5-13,15-21H,1-4H2/t5-,6+,7+,8-,9+,10+,11-,12-,13-,14-/m0/s1. The second kappa shape index (κ2) is 6.17. The zero-order valence-corrected chi connectivity index (χ0v) is 12.5. The van der Waals surface area contributed by atoms with Crippen molar-refractivity contribution in [2.24, 2.45) is 5.92 Å². The lowest BCUT2D eigenvalue weighted by Gasteiger charge is -2.45. The van der Waals surface area contributed by atoms with Crippen molar-refractivity contribution in [3.63, 3.8) is 0 Å². The summed E-state index contributed by atoms with van der Waals surface area (Å²) in [7, 11) is 0. The average Bonchev–Trinajstić information content (AvgIpc) is 2.90. The molecular weight excluding hydrogens is 312 g/mol. The van der Waals surface area contributed by atoms with Gasteiger partial charge in [-0.2, -0.15) is 0 Å². The summed E-state index contributed by atoms with van der Waals surface area (Å²) in [5, 5.41) is 69.2. The predicted octanol–water partition coefficient (Wildman–Crippen LogP) is -3.56. The van der Waals surface area contributed by atoms with Crippen molar-refractivity contribution in [2.45, 2.75) is 73.9 Å². The van der Waals surface area contributed by atoms with Crippen LogP contribution in [0.25, 0.3) is 0 Å². The van der Waals surface area contributed by atoms with E-state index >= 15 is 0 Å². The number of fused-ring (bicyclic) bond motifs is 2. The third kappa shape index (κ3) is 2.80. The van der Waals surface area contributed by atoms with Gasteiger partial charge in [0.1, 0.15) is 36.6 Å². The fraction of sp³-hybridized carbons (Fsp3) is 1.00. The summed E-state index contributed by atoms with van der Waals surface area (Å²) in [6.07, 6.45) is -9.62. The average molecular weight is 336 g/mol. The summed E-state index contributed by atoms with van der Waals surface area (Å²) in [5.74, 6) is -0.231. The molecule has 10 atom stereocenters. The Bertz CT molecular complexity index is 432. The van der Waals surface area contributed by atoms with Gasteiger partial charge in [-0.1, -0.05) is 0 Å². The lowest BCUT2D eigenvalue weighted by Crippen LogP contribution is -2.63. The third-order valence-electron chi connectivity index (χ3n) is 5.38. The van der Waals surface area contributed by atoms with Gasteiger partial charge in [0.05, 0.1) is 18.3 Å². The van der Waals surface area contributed by atoms with Crippen LogP contribution in [0.1, 0.15) is 19.3 Å². The van der Waals surface area contributed by atoms with Gasteiger partial charge in [-0.05, 0) is 25.2 Å². The fourth-order valence-electron chi connectivity index (χ4n) is 3.95. The lowest BCUT2D eigenvalue weighted by atomic mass is 9.79. The number of rotatable bonds is 3. The molecule has 2 bridgehead atoms. The molecule has 0 spiro atoms. The Morgan fingerprint density at radius 1 is 1.00 bits per heavy atom. The summed E-state index contributed by atoms with van der Waals surface area (Å²) in [6.45, 7) is -0.580. The van der Waals surface area contributed by atoms with Crippen molar-refractivity contribution < 1.29 is 45.2 Å². The van der Waals surface area contributed by atoms with Crippen LogP contribution in [0.15, 0.2) is 0 Å². The molecule has 0 aromatic heterocycles. The van der Waals surface area contributed by atoms with Gasteiger partial charge in [0.15, 0.2) is 6.29 Å². The Balaban J connectivity index is 1.73. The summed E-state index contributed by atoms with van der Waals surface area (Å²) < 4.78 is 10.8. The van der Waals surface area contributed by atoms with Gasteiger partial charge >= 0.3 is 0 Å². The summed E-state index contributed by atoms with van der Waals surface area (Å²) in [5.41, 5.74) is -1.33. The molecule has 9 nitrogen and oxygen atoms in total. The monoisotopic (exact) mass is 336 g/mol. The molecule has 23 heavy (non-hydrogen) atoms. The van der Waals surface area contributed by atoms with E-state index in [4.69, 9.17) is 14.6 Å². The molecule has 1 saturated heterocycles. The lowest BCUT2D eigenvalue weighted by molar-refractivity contribution is -0.329. The van der Waals surface area contributed by atoms with Crippen LogP contribution in [0.4, 0.5) is 0 Å². The number of hydrogen-bond acceptors (Lipinski definition) is 9. The number of aliphatic hydroxyl groups excluding tert-OH is 6. The van der Waals surface area contributed by atoms with Crippen molar-refractivity contribution in [1.29, 1.82) is 0 Å². The van der Waals surface area contributed by atoms with E-state index in [1.807, 2.05) is 0 Å². The molecule has 0 amide bonds. The maximum atomic E-state index is 10.2. The first-order chi connectivity index (χ1) is 10.8. The number of ether oxygens (including phenoxy) is 2. The highest BCUT2D eigenvalue weighted by Gasteiger charge is 2.57. The predicted molar refractivity (Wildman–Crippen MR) is 72.9 cm³/mol. The molecule has 7 N–H and O–H groups in total. The summed E-state index contributed by atoms with van der Waals surface area (Å²) in [6, 6.07) is 0. The number of aliphatic hydroxyl groups is 7. The zero-order valence-electron chi connectivity index (χ0n) is 12.5. The Hall–Kier alpha value is -0.360. The minimum Gasteiger partial charge on any atom is -0.394 e. The largest absolute Gasteiger partial charge is 0.394 e. The van der Waals surface area contributed by atoms with E-state index < -0.39 is 61.2 Å². The molecule has 3 aliphatic rings. The van der Waals surface area contributed by atoms with Gasteiger partial charge in [0, 0.05) is 0 Å². The SMILES string of the molecule is OC[C@H]1O[C@@H](O[C@H]2[C@H]3CC[C@](O)(C3)[C@@H](O)[C@@H]2O)[C@H](O)[C@@H](O)[C@@H]1O. The first kappa shape index (κ1) is 17.5. The molecule has 0 aromatic carbocycles. The van der Waals surface area contributed by atoms with E-state index in [0.29, 0.717) is 12.8 Å². The molecule has 0 radical (unpaired) electrons. The van der Waals surface area contributed by atoms with Crippen molar-refractivity contribution in [1.82, 2.24) is 0 Å². The molecule has 1 heterocycles. The van der Waals surface area contributed by atoms with Crippen LogP contribution in [0.2, 0.25) is 0 Å². The highest BCUT2D eigenvalue weighted by atomic mass is 16.7. The molecular formula is C14H24O9. The number of hydrogen-bond donors (Lipinski definition) is 7. The van der Waals surface area contributed by atoms with Crippen molar-refractivity contribution in [3.8, 4) is 0 Å². The topological polar surface area (TPSA) is 160 Å². The smallest absolute Gasteiger partial charge is 0.187 e. The van der Waals surface area contributed by atoms with Gasteiger partial charge in [-0.3, -0.25) is 0 Å². The van der Waals surface area contributed by atoms with E-state index in [1.54, 1.807) is 0 Å².